The lowest BCUT2D eigenvalue weighted by Gasteiger charge is -2.19. The second kappa shape index (κ2) is 39.0. The van der Waals surface area contributed by atoms with Crippen LogP contribution in [-0.2, 0) is 89.6 Å². The number of rotatable bonds is 29. The fourth-order valence-electron chi connectivity index (χ4n) is 7.88. The highest BCUT2D eigenvalue weighted by Crippen LogP contribution is 2.24. The Morgan fingerprint density at radius 1 is 0.453 bits per heavy atom. The van der Waals surface area contributed by atoms with E-state index in [1.165, 1.54) is 27.6 Å². The molecule has 0 bridgehead atoms. The van der Waals surface area contributed by atoms with Crippen LogP contribution in [0.1, 0.15) is 116 Å². The first-order valence-corrected chi connectivity index (χ1v) is 30.1. The van der Waals surface area contributed by atoms with E-state index >= 15 is 0 Å². The molecule has 0 aliphatic heterocycles. The molecule has 4 aromatic carbocycles. The molecule has 0 aliphatic rings. The number of halogens is 1. The van der Waals surface area contributed by atoms with E-state index in [2.05, 4.69) is 61.5 Å². The highest BCUT2D eigenvalue weighted by Gasteiger charge is 2.22. The van der Waals surface area contributed by atoms with E-state index in [9.17, 15) is 28.8 Å². The minimum atomic E-state index is -0.356. The van der Waals surface area contributed by atoms with Gasteiger partial charge in [-0.25, -0.2) is 0 Å². The maximum Gasteiger partial charge on any atom is 0.307 e. The molecule has 4 heterocycles. The number of hydrogen-bond donors (Lipinski definition) is 3. The van der Waals surface area contributed by atoms with Crippen molar-refractivity contribution in [2.75, 3.05) is 33.6 Å². The topological polar surface area (TPSA) is 263 Å². The Balaban J connectivity index is 0.000000279. The molecule has 0 radical (unpaired) electrons. The molecule has 0 saturated carbocycles. The number of alkyl halides is 1. The monoisotopic (exact) mass is 1220 g/mol. The molecule has 4 amide bonds. The van der Waals surface area contributed by atoms with E-state index in [1.54, 1.807) is 12.1 Å². The third-order valence-corrected chi connectivity index (χ3v) is 14.1. The molecule has 8 aromatic rings. The van der Waals surface area contributed by atoms with Crippen molar-refractivity contribution >= 4 is 91.7 Å². The van der Waals surface area contributed by atoms with Crippen LogP contribution in [0.5, 0.6) is 0 Å². The van der Waals surface area contributed by atoms with Crippen LogP contribution in [0.25, 0.3) is 0 Å². The van der Waals surface area contributed by atoms with E-state index in [0.29, 0.717) is 54.0 Å². The molecule has 0 spiro atoms. The van der Waals surface area contributed by atoms with Crippen LogP contribution in [0.2, 0.25) is 0 Å². The number of aryl methyl sites for hydroxylation is 4. The lowest BCUT2D eigenvalue weighted by Crippen LogP contribution is -2.35. The molecule has 86 heavy (non-hydrogen) atoms. The first kappa shape index (κ1) is 68.1. The van der Waals surface area contributed by atoms with Crippen molar-refractivity contribution in [2.45, 2.75) is 124 Å². The summed E-state index contributed by atoms with van der Waals surface area (Å²) in [6.07, 6.45) is 9.82. The Morgan fingerprint density at radius 3 is 1.29 bits per heavy atom. The number of nitrogens with zero attached hydrogens (tertiary/aromatic N) is 9. The number of ether oxygens (including phenoxy) is 2. The van der Waals surface area contributed by atoms with Gasteiger partial charge in [0.25, 0.3) is 0 Å². The van der Waals surface area contributed by atoms with Crippen LogP contribution >= 0.6 is 34.3 Å². The largest absolute Gasteiger partial charge is 0.449 e. The van der Waals surface area contributed by atoms with Crippen LogP contribution in [0.15, 0.2) is 146 Å². The zero-order chi connectivity index (χ0) is 60.3. The number of anilines is 4. The SMILES string of the molecule is C.CCCC(=O)OCCl.CCCC(=O)OCN(C(=O)Cc1ccccc1)c1nnc(CCCCc2ccc(NC(=O)Cc3ccccc3)nn2)s1.O=C(Cc1ccccc1)Nc1ccc(CCCCc2nnc(NC(=O)Cc3ccccc3)s2)nn1. The van der Waals surface area contributed by atoms with Gasteiger partial charge in [-0.05, 0) is 97.9 Å². The summed E-state index contributed by atoms with van der Waals surface area (Å²) in [5.41, 5.74) is 5.41. The van der Waals surface area contributed by atoms with Crippen LogP contribution < -0.4 is 20.9 Å². The molecule has 8 rings (SSSR count). The van der Waals surface area contributed by atoms with E-state index < -0.39 is 0 Å². The van der Waals surface area contributed by atoms with Crippen molar-refractivity contribution in [2.24, 2.45) is 0 Å². The highest BCUT2D eigenvalue weighted by molar-refractivity contribution is 7.15. The Bertz CT molecular complexity index is 3270. The number of nitrogens with one attached hydrogen (secondary N) is 3. The molecule has 0 aliphatic carbocycles. The van der Waals surface area contributed by atoms with Gasteiger partial charge in [-0.1, -0.05) is 177 Å². The predicted molar refractivity (Wildman–Crippen MR) is 335 cm³/mol. The van der Waals surface area contributed by atoms with E-state index in [4.69, 9.17) is 16.3 Å². The quantitative estimate of drug-likeness (QED) is 0.0170. The number of unbranched alkanes of at least 4 members (excludes halogenated alkanes) is 2. The smallest absolute Gasteiger partial charge is 0.307 e. The lowest BCUT2D eigenvalue weighted by molar-refractivity contribution is -0.144. The molecule has 4 aromatic heterocycles. The highest BCUT2D eigenvalue weighted by atomic mass is 35.5. The van der Waals surface area contributed by atoms with E-state index in [1.807, 2.05) is 147 Å². The van der Waals surface area contributed by atoms with Crippen LogP contribution in [-0.4, -0.2) is 89.2 Å². The van der Waals surface area contributed by atoms with Gasteiger partial charge < -0.3 is 25.4 Å². The maximum atomic E-state index is 13.1. The van der Waals surface area contributed by atoms with Crippen molar-refractivity contribution in [3.8, 4) is 0 Å². The summed E-state index contributed by atoms with van der Waals surface area (Å²) in [6.45, 7) is 3.61. The maximum absolute atomic E-state index is 13.1. The Kier molecular flexibility index (Phi) is 30.9. The standard InChI is InChI=1S/C31H34N6O4S.C26H26N6O2S.C5H9ClO2.CH4/c1-2-11-30(40)41-22-37(29(39)21-24-14-7-4-8-15-24)31-36-35-28(42-31)17-10-9-16-25-18-19-26(34-33-25)32-27(38)20-23-12-5-3-6-13-23;33-23(17-19-9-3-1-4-10-19)27-22-16-15-21(29-30-22)13-7-8-14-25-31-32-26(35-25)28-24(34)18-20-11-5-2-6-12-20;1-2-3-5(7)8-4-6;/h3-8,12-15,18-19H,2,9-11,16-17,20-22H2,1H3,(H,32,34,38);1-6,9-12,15-16H,7-8,13-14,17-18H2,(H,27,30,33)(H,28,32,34);2-4H2,1H3;1H4. The molecule has 0 saturated heterocycles. The molecule has 0 unspecified atom stereocenters. The van der Waals surface area contributed by atoms with Crippen molar-refractivity contribution in [3.63, 3.8) is 0 Å². The molecule has 20 nitrogen and oxygen atoms in total. The van der Waals surface area contributed by atoms with Gasteiger partial charge in [-0.2, -0.15) is 10.2 Å². The zero-order valence-electron chi connectivity index (χ0n) is 47.6. The fraction of sp³-hybridized carbons (Fsp3) is 0.333. The van der Waals surface area contributed by atoms with Gasteiger partial charge in [0.15, 0.2) is 24.4 Å². The minimum Gasteiger partial charge on any atom is -0.449 e. The number of amides is 4. The number of carbonyl (C=O) groups excluding carboxylic acids is 6. The first-order valence-electron chi connectivity index (χ1n) is 28.0. The number of hydrogen-bond acceptors (Lipinski definition) is 18. The summed E-state index contributed by atoms with van der Waals surface area (Å²) in [4.78, 5) is 73.3. The summed E-state index contributed by atoms with van der Waals surface area (Å²) >= 11 is 7.82. The normalized spacial score (nSPS) is 10.4. The Labute approximate surface area is 515 Å². The Hall–Kier alpha value is -8.73. The third kappa shape index (κ3) is 26.5. The first-order chi connectivity index (χ1) is 41.4. The van der Waals surface area contributed by atoms with Gasteiger partial charge in [0, 0.05) is 25.7 Å². The second-order valence-electron chi connectivity index (χ2n) is 19.1. The predicted octanol–water partition coefficient (Wildman–Crippen LogP) is 11.4. The molecule has 3 N–H and O–H groups in total. The van der Waals surface area contributed by atoms with Gasteiger partial charge in [-0.3, -0.25) is 33.7 Å². The summed E-state index contributed by atoms with van der Waals surface area (Å²) in [6, 6.07) is 45.4. The fourth-order valence-corrected chi connectivity index (χ4v) is 9.68. The molecule has 23 heteroatoms. The van der Waals surface area contributed by atoms with Gasteiger partial charge in [-0.15, -0.1) is 30.6 Å². The van der Waals surface area contributed by atoms with Crippen molar-refractivity contribution < 1.29 is 38.2 Å². The minimum absolute atomic E-state index is 0. The summed E-state index contributed by atoms with van der Waals surface area (Å²) in [5, 5.41) is 44.4. The van der Waals surface area contributed by atoms with Crippen LogP contribution in [0.4, 0.5) is 21.9 Å². The number of aromatic nitrogens is 8. The summed E-state index contributed by atoms with van der Waals surface area (Å²) in [5.74, 6) is -0.278. The third-order valence-electron chi connectivity index (χ3n) is 12.1. The molecule has 0 atom stereocenters. The lowest BCUT2D eigenvalue weighted by atomic mass is 10.1. The van der Waals surface area contributed by atoms with Gasteiger partial charge in [0.1, 0.15) is 10.0 Å². The van der Waals surface area contributed by atoms with Crippen LogP contribution in [0, 0.1) is 0 Å². The number of carbonyl (C=O) groups is 6. The summed E-state index contributed by atoms with van der Waals surface area (Å²) in [7, 11) is 0. The van der Waals surface area contributed by atoms with E-state index in [-0.39, 0.29) is 75.1 Å². The number of benzene rings is 4. The van der Waals surface area contributed by atoms with Crippen LogP contribution in [0.3, 0.4) is 0 Å². The average molecular weight is 1230 g/mol. The average Bonchev–Trinajstić information content (AvgIpc) is 4.34. The van der Waals surface area contributed by atoms with Crippen molar-refractivity contribution in [3.05, 3.63) is 189 Å². The van der Waals surface area contributed by atoms with Gasteiger partial charge in [0.2, 0.25) is 33.9 Å². The Morgan fingerprint density at radius 2 is 0.860 bits per heavy atom. The molecular formula is C63H73ClN12O8S2. The second-order valence-corrected chi connectivity index (χ2v) is 21.4. The van der Waals surface area contributed by atoms with Crippen molar-refractivity contribution in [1.29, 1.82) is 0 Å². The number of esters is 2. The molecule has 0 fully saturated rings. The van der Waals surface area contributed by atoms with Gasteiger partial charge in [0.05, 0.1) is 37.1 Å². The summed E-state index contributed by atoms with van der Waals surface area (Å²) < 4.78 is 9.75. The van der Waals surface area contributed by atoms with Gasteiger partial charge >= 0.3 is 11.9 Å². The zero-order valence-corrected chi connectivity index (χ0v) is 50.0. The van der Waals surface area contributed by atoms with Crippen molar-refractivity contribution in [1.82, 2.24) is 40.8 Å². The molecular weight excluding hydrogens is 1150 g/mol. The molecule has 452 valence electrons. The van der Waals surface area contributed by atoms with E-state index in [0.717, 1.165) is 95.0 Å².